The molecule has 0 atom stereocenters. The van der Waals surface area contributed by atoms with Crippen LogP contribution >= 0.6 is 0 Å². The molecule has 5 nitrogen and oxygen atoms in total. The number of hydrogen-bond acceptors (Lipinski definition) is 4. The number of anilines is 1. The number of nitro groups is 1. The first-order valence-electron chi connectivity index (χ1n) is 6.80. The van der Waals surface area contributed by atoms with Gasteiger partial charge in [-0.05, 0) is 25.1 Å². The Morgan fingerprint density at radius 3 is 2.63 bits per heavy atom. The number of unbranched alkanes of at least 4 members (excludes halogenated alkanes) is 1. The fraction of sp³-hybridized carbons (Fsp3) is 0.571. The van der Waals surface area contributed by atoms with Crippen molar-refractivity contribution in [3.63, 3.8) is 0 Å². The average molecular weight is 265 g/mol. The van der Waals surface area contributed by atoms with Gasteiger partial charge in [-0.1, -0.05) is 32.4 Å². The second kappa shape index (κ2) is 7.74. The molecule has 19 heavy (non-hydrogen) atoms. The largest absolute Gasteiger partial charge is 0.382 e. The molecule has 0 radical (unpaired) electrons. The SMILES string of the molecule is CCCCN(CC)Cc1cccc([N+](=O)[O-])c1NC. The molecule has 0 saturated carbocycles. The van der Waals surface area contributed by atoms with Crippen molar-refractivity contribution >= 4 is 11.4 Å². The minimum absolute atomic E-state index is 0.145. The second-order valence-corrected chi connectivity index (χ2v) is 4.54. The molecule has 1 aromatic carbocycles. The van der Waals surface area contributed by atoms with Crippen molar-refractivity contribution in [3.05, 3.63) is 33.9 Å². The van der Waals surface area contributed by atoms with Crippen molar-refractivity contribution in [2.45, 2.75) is 33.2 Å². The first kappa shape index (κ1) is 15.4. The number of benzene rings is 1. The Hall–Kier alpha value is -1.62. The standard InChI is InChI=1S/C14H23N3O2/c1-4-6-10-16(5-2)11-12-8-7-9-13(17(18)19)14(12)15-3/h7-9,15H,4-6,10-11H2,1-3H3. The van der Waals surface area contributed by atoms with Crippen LogP contribution in [0.2, 0.25) is 0 Å². The van der Waals surface area contributed by atoms with Crippen LogP contribution in [0.25, 0.3) is 0 Å². The molecule has 1 rings (SSSR count). The van der Waals surface area contributed by atoms with E-state index in [0.717, 1.165) is 38.0 Å². The van der Waals surface area contributed by atoms with Crippen molar-refractivity contribution in [2.75, 3.05) is 25.5 Å². The van der Waals surface area contributed by atoms with Crippen LogP contribution in [0.3, 0.4) is 0 Å². The van der Waals surface area contributed by atoms with E-state index in [1.807, 2.05) is 6.07 Å². The van der Waals surface area contributed by atoms with Gasteiger partial charge in [-0.15, -0.1) is 0 Å². The van der Waals surface area contributed by atoms with Gasteiger partial charge in [0.2, 0.25) is 0 Å². The molecule has 0 aliphatic rings. The van der Waals surface area contributed by atoms with Crippen LogP contribution in [0.15, 0.2) is 18.2 Å². The van der Waals surface area contributed by atoms with Gasteiger partial charge in [-0.25, -0.2) is 0 Å². The Morgan fingerprint density at radius 2 is 2.11 bits per heavy atom. The summed E-state index contributed by atoms with van der Waals surface area (Å²) in [5.74, 6) is 0. The maximum Gasteiger partial charge on any atom is 0.292 e. The van der Waals surface area contributed by atoms with Gasteiger partial charge in [0.1, 0.15) is 5.69 Å². The van der Waals surface area contributed by atoms with E-state index in [1.54, 1.807) is 13.1 Å². The zero-order valence-corrected chi connectivity index (χ0v) is 12.0. The molecule has 1 aromatic rings. The summed E-state index contributed by atoms with van der Waals surface area (Å²) < 4.78 is 0. The highest BCUT2D eigenvalue weighted by molar-refractivity contribution is 5.66. The Bertz CT molecular complexity index is 421. The molecule has 106 valence electrons. The highest BCUT2D eigenvalue weighted by atomic mass is 16.6. The molecule has 0 aliphatic carbocycles. The van der Waals surface area contributed by atoms with E-state index in [4.69, 9.17) is 0 Å². The van der Waals surface area contributed by atoms with E-state index in [2.05, 4.69) is 24.1 Å². The molecule has 0 spiro atoms. The summed E-state index contributed by atoms with van der Waals surface area (Å²) in [6.45, 7) is 7.01. The molecule has 0 aromatic heterocycles. The van der Waals surface area contributed by atoms with Gasteiger partial charge < -0.3 is 5.32 Å². The minimum atomic E-state index is -0.336. The number of rotatable bonds is 8. The summed E-state index contributed by atoms with van der Waals surface area (Å²) in [5, 5.41) is 14.0. The van der Waals surface area contributed by atoms with Gasteiger partial charge in [0.15, 0.2) is 0 Å². The van der Waals surface area contributed by atoms with Crippen molar-refractivity contribution in [1.82, 2.24) is 4.90 Å². The summed E-state index contributed by atoms with van der Waals surface area (Å²) in [4.78, 5) is 13.0. The van der Waals surface area contributed by atoms with Gasteiger partial charge in [0.05, 0.1) is 4.92 Å². The van der Waals surface area contributed by atoms with Crippen molar-refractivity contribution < 1.29 is 4.92 Å². The normalized spacial score (nSPS) is 10.7. The Kier molecular flexibility index (Phi) is 6.29. The van der Waals surface area contributed by atoms with Crippen molar-refractivity contribution in [2.24, 2.45) is 0 Å². The third kappa shape index (κ3) is 4.21. The molecule has 0 heterocycles. The van der Waals surface area contributed by atoms with Crippen LogP contribution in [0.1, 0.15) is 32.3 Å². The highest BCUT2D eigenvalue weighted by Crippen LogP contribution is 2.28. The Balaban J connectivity index is 2.93. The summed E-state index contributed by atoms with van der Waals surface area (Å²) in [5.41, 5.74) is 1.75. The maximum atomic E-state index is 11.0. The lowest BCUT2D eigenvalue weighted by Crippen LogP contribution is -2.24. The molecular weight excluding hydrogens is 242 g/mol. The molecule has 0 saturated heterocycles. The van der Waals surface area contributed by atoms with Gasteiger partial charge in [0, 0.05) is 19.7 Å². The van der Waals surface area contributed by atoms with E-state index < -0.39 is 0 Å². The molecule has 0 bridgehead atoms. The van der Waals surface area contributed by atoms with Crippen LogP contribution in [0, 0.1) is 10.1 Å². The fourth-order valence-electron chi connectivity index (χ4n) is 2.13. The second-order valence-electron chi connectivity index (χ2n) is 4.54. The lowest BCUT2D eigenvalue weighted by molar-refractivity contribution is -0.384. The van der Waals surface area contributed by atoms with Gasteiger partial charge in [0.25, 0.3) is 5.69 Å². The highest BCUT2D eigenvalue weighted by Gasteiger charge is 2.17. The average Bonchev–Trinajstić information content (AvgIpc) is 2.42. The van der Waals surface area contributed by atoms with Crippen LogP contribution < -0.4 is 5.32 Å². The number of nitro benzene ring substituents is 1. The van der Waals surface area contributed by atoms with Crippen LogP contribution in [0.4, 0.5) is 11.4 Å². The zero-order chi connectivity index (χ0) is 14.3. The molecule has 5 heteroatoms. The number of nitrogens with one attached hydrogen (secondary N) is 1. The lowest BCUT2D eigenvalue weighted by atomic mass is 10.1. The van der Waals surface area contributed by atoms with E-state index in [-0.39, 0.29) is 10.6 Å². The maximum absolute atomic E-state index is 11.0. The predicted molar refractivity (Wildman–Crippen MR) is 78.5 cm³/mol. The molecular formula is C14H23N3O2. The zero-order valence-electron chi connectivity index (χ0n) is 12.0. The first-order valence-corrected chi connectivity index (χ1v) is 6.80. The van der Waals surface area contributed by atoms with Crippen molar-refractivity contribution in [3.8, 4) is 0 Å². The predicted octanol–water partition coefficient (Wildman–Crippen LogP) is 3.26. The Morgan fingerprint density at radius 1 is 1.37 bits per heavy atom. The fourth-order valence-corrected chi connectivity index (χ4v) is 2.13. The van der Waals surface area contributed by atoms with Gasteiger partial charge in [-0.3, -0.25) is 15.0 Å². The summed E-state index contributed by atoms with van der Waals surface area (Å²) in [6.07, 6.45) is 2.31. The molecule has 0 unspecified atom stereocenters. The third-order valence-electron chi connectivity index (χ3n) is 3.24. The minimum Gasteiger partial charge on any atom is -0.382 e. The number of para-hydroxylation sites is 1. The monoisotopic (exact) mass is 265 g/mol. The van der Waals surface area contributed by atoms with Gasteiger partial charge in [-0.2, -0.15) is 0 Å². The Labute approximate surface area is 114 Å². The summed E-state index contributed by atoms with van der Waals surface area (Å²) in [7, 11) is 1.73. The third-order valence-corrected chi connectivity index (χ3v) is 3.24. The van der Waals surface area contributed by atoms with Gasteiger partial charge >= 0.3 is 0 Å². The van der Waals surface area contributed by atoms with E-state index in [0.29, 0.717) is 5.69 Å². The number of nitrogens with zero attached hydrogens (tertiary/aromatic N) is 2. The van der Waals surface area contributed by atoms with Crippen LogP contribution in [0.5, 0.6) is 0 Å². The van der Waals surface area contributed by atoms with E-state index >= 15 is 0 Å². The molecule has 0 fully saturated rings. The first-order chi connectivity index (χ1) is 9.13. The lowest BCUT2D eigenvalue weighted by Gasteiger charge is -2.21. The topological polar surface area (TPSA) is 58.4 Å². The van der Waals surface area contributed by atoms with E-state index in [1.165, 1.54) is 6.07 Å². The summed E-state index contributed by atoms with van der Waals surface area (Å²) >= 11 is 0. The molecule has 1 N–H and O–H groups in total. The van der Waals surface area contributed by atoms with Crippen LogP contribution in [-0.4, -0.2) is 30.0 Å². The van der Waals surface area contributed by atoms with Crippen LogP contribution in [-0.2, 0) is 6.54 Å². The molecule has 0 amide bonds. The quantitative estimate of drug-likeness (QED) is 0.579. The number of hydrogen-bond donors (Lipinski definition) is 1. The van der Waals surface area contributed by atoms with E-state index in [9.17, 15) is 10.1 Å². The van der Waals surface area contributed by atoms with Crippen molar-refractivity contribution in [1.29, 1.82) is 0 Å². The summed E-state index contributed by atoms with van der Waals surface area (Å²) in [6, 6.07) is 5.24. The smallest absolute Gasteiger partial charge is 0.292 e. The molecule has 0 aliphatic heterocycles.